The third-order valence-electron chi connectivity index (χ3n) is 3.84. The fourth-order valence-corrected chi connectivity index (χ4v) is 2.82. The lowest BCUT2D eigenvalue weighted by Gasteiger charge is -2.29. The van der Waals surface area contributed by atoms with Gasteiger partial charge in [0.1, 0.15) is 17.4 Å². The minimum Gasteiger partial charge on any atom is -0.493 e. The molecule has 1 N–H and O–H groups in total. The second-order valence-electron chi connectivity index (χ2n) is 5.25. The Morgan fingerprint density at radius 1 is 1.10 bits per heavy atom. The Labute approximate surface area is 122 Å². The van der Waals surface area contributed by atoms with Crippen LogP contribution in [0.4, 0.5) is 8.78 Å². The zero-order valence-corrected chi connectivity index (χ0v) is 11.8. The molecule has 1 aliphatic rings. The van der Waals surface area contributed by atoms with Gasteiger partial charge in [0, 0.05) is 29.6 Å². The predicted molar refractivity (Wildman–Crippen MR) is 77.2 cm³/mol. The van der Waals surface area contributed by atoms with Crippen LogP contribution in [0.25, 0.3) is 0 Å². The third-order valence-corrected chi connectivity index (χ3v) is 3.84. The highest BCUT2D eigenvalue weighted by atomic mass is 19.1. The first-order chi connectivity index (χ1) is 10.2. The van der Waals surface area contributed by atoms with Crippen LogP contribution in [0, 0.1) is 11.6 Å². The first-order valence-corrected chi connectivity index (χ1v) is 7.08. The molecule has 0 bridgehead atoms. The fraction of sp³-hybridized carbons (Fsp3) is 0.294. The van der Waals surface area contributed by atoms with E-state index in [0.29, 0.717) is 6.61 Å². The first kappa shape index (κ1) is 14.0. The molecule has 1 aliphatic heterocycles. The molecule has 2 unspecified atom stereocenters. The van der Waals surface area contributed by atoms with Gasteiger partial charge in [-0.3, -0.25) is 0 Å². The van der Waals surface area contributed by atoms with Gasteiger partial charge in [-0.15, -0.1) is 0 Å². The van der Waals surface area contributed by atoms with Gasteiger partial charge in [0.25, 0.3) is 0 Å². The molecule has 0 fully saturated rings. The molecular weight excluding hydrogens is 272 g/mol. The molecular formula is C17H17F2NO. The predicted octanol–water partition coefficient (Wildman–Crippen LogP) is 4.14. The van der Waals surface area contributed by atoms with Gasteiger partial charge in [-0.2, -0.15) is 0 Å². The zero-order chi connectivity index (χ0) is 14.8. The summed E-state index contributed by atoms with van der Waals surface area (Å²) in [7, 11) is 0. The highest BCUT2D eigenvalue weighted by molar-refractivity contribution is 5.37. The van der Waals surface area contributed by atoms with Gasteiger partial charge in [-0.1, -0.05) is 24.3 Å². The maximum absolute atomic E-state index is 13.8. The number of halogens is 2. The number of benzene rings is 2. The summed E-state index contributed by atoms with van der Waals surface area (Å²) in [5.41, 5.74) is 1.12. The van der Waals surface area contributed by atoms with Gasteiger partial charge in [-0.25, -0.2) is 8.78 Å². The van der Waals surface area contributed by atoms with Crippen molar-refractivity contribution in [3.8, 4) is 5.75 Å². The molecule has 0 radical (unpaired) electrons. The van der Waals surface area contributed by atoms with E-state index in [1.165, 1.54) is 18.2 Å². The molecule has 0 spiro atoms. The summed E-state index contributed by atoms with van der Waals surface area (Å²) in [6.45, 7) is 2.38. The standard InChI is InChI=1S/C17H17F2NO/c1-11(17-13(18)6-4-7-14(17)19)20-15-9-10-21-16-8-3-2-5-12(15)16/h2-8,11,15,20H,9-10H2,1H3. The molecule has 0 aliphatic carbocycles. The van der Waals surface area contributed by atoms with E-state index in [0.717, 1.165) is 17.7 Å². The van der Waals surface area contributed by atoms with Crippen molar-refractivity contribution >= 4 is 0 Å². The van der Waals surface area contributed by atoms with Crippen molar-refractivity contribution in [3.05, 3.63) is 65.2 Å². The Balaban J connectivity index is 1.85. The topological polar surface area (TPSA) is 21.3 Å². The Bertz CT molecular complexity index is 624. The van der Waals surface area contributed by atoms with E-state index in [-0.39, 0.29) is 11.6 Å². The van der Waals surface area contributed by atoms with Crippen molar-refractivity contribution in [1.29, 1.82) is 0 Å². The fourth-order valence-electron chi connectivity index (χ4n) is 2.82. The van der Waals surface area contributed by atoms with Gasteiger partial charge < -0.3 is 10.1 Å². The van der Waals surface area contributed by atoms with Gasteiger partial charge in [0.15, 0.2) is 0 Å². The number of nitrogens with one attached hydrogen (secondary N) is 1. The second kappa shape index (κ2) is 5.82. The van der Waals surface area contributed by atoms with Crippen LogP contribution in [0.15, 0.2) is 42.5 Å². The lowest BCUT2D eigenvalue weighted by molar-refractivity contribution is 0.244. The van der Waals surface area contributed by atoms with Gasteiger partial charge in [0.2, 0.25) is 0 Å². The van der Waals surface area contributed by atoms with Crippen LogP contribution in [0.2, 0.25) is 0 Å². The molecule has 2 aromatic carbocycles. The smallest absolute Gasteiger partial charge is 0.130 e. The third kappa shape index (κ3) is 2.76. The van der Waals surface area contributed by atoms with Crippen molar-refractivity contribution in [3.63, 3.8) is 0 Å². The molecule has 0 aromatic heterocycles. The monoisotopic (exact) mass is 289 g/mol. The molecule has 0 saturated heterocycles. The molecule has 2 atom stereocenters. The normalized spacial score (nSPS) is 18.7. The quantitative estimate of drug-likeness (QED) is 0.917. The summed E-state index contributed by atoms with van der Waals surface area (Å²) in [6, 6.07) is 11.3. The van der Waals surface area contributed by atoms with Crippen LogP contribution < -0.4 is 10.1 Å². The Hall–Kier alpha value is -1.94. The summed E-state index contributed by atoms with van der Waals surface area (Å²) in [5, 5.41) is 3.31. The average molecular weight is 289 g/mol. The number of para-hydroxylation sites is 1. The van der Waals surface area contributed by atoms with Crippen LogP contribution in [-0.4, -0.2) is 6.61 Å². The van der Waals surface area contributed by atoms with E-state index < -0.39 is 17.7 Å². The summed E-state index contributed by atoms with van der Waals surface area (Å²) < 4.78 is 33.3. The number of hydrogen-bond acceptors (Lipinski definition) is 2. The van der Waals surface area contributed by atoms with Crippen molar-refractivity contribution < 1.29 is 13.5 Å². The second-order valence-corrected chi connectivity index (χ2v) is 5.25. The number of rotatable bonds is 3. The van der Waals surface area contributed by atoms with Crippen LogP contribution in [-0.2, 0) is 0 Å². The van der Waals surface area contributed by atoms with E-state index in [1.807, 2.05) is 24.3 Å². The molecule has 4 heteroatoms. The molecule has 3 rings (SSSR count). The lowest BCUT2D eigenvalue weighted by Crippen LogP contribution is -2.30. The highest BCUT2D eigenvalue weighted by Crippen LogP contribution is 2.33. The van der Waals surface area contributed by atoms with E-state index in [2.05, 4.69) is 5.32 Å². The molecule has 21 heavy (non-hydrogen) atoms. The SMILES string of the molecule is CC(NC1CCOc2ccccc21)c1c(F)cccc1F. The Morgan fingerprint density at radius 3 is 2.57 bits per heavy atom. The Morgan fingerprint density at radius 2 is 1.81 bits per heavy atom. The van der Waals surface area contributed by atoms with Crippen molar-refractivity contribution in [2.75, 3.05) is 6.61 Å². The molecule has 0 amide bonds. The van der Waals surface area contributed by atoms with Crippen LogP contribution in [0.3, 0.4) is 0 Å². The van der Waals surface area contributed by atoms with Crippen LogP contribution in [0.5, 0.6) is 5.75 Å². The van der Waals surface area contributed by atoms with Crippen molar-refractivity contribution in [2.24, 2.45) is 0 Å². The molecule has 2 aromatic rings. The van der Waals surface area contributed by atoms with Crippen molar-refractivity contribution in [2.45, 2.75) is 25.4 Å². The minimum absolute atomic E-state index is 0.0314. The Kier molecular flexibility index (Phi) is 3.88. The molecule has 110 valence electrons. The molecule has 1 heterocycles. The summed E-state index contributed by atoms with van der Waals surface area (Å²) in [6.07, 6.45) is 0.775. The lowest BCUT2D eigenvalue weighted by atomic mass is 9.98. The summed E-state index contributed by atoms with van der Waals surface area (Å²) >= 11 is 0. The number of ether oxygens (including phenoxy) is 1. The average Bonchev–Trinajstić information content (AvgIpc) is 2.47. The van der Waals surface area contributed by atoms with Crippen LogP contribution in [0.1, 0.15) is 36.6 Å². The minimum atomic E-state index is -0.518. The highest BCUT2D eigenvalue weighted by Gasteiger charge is 2.24. The maximum Gasteiger partial charge on any atom is 0.130 e. The van der Waals surface area contributed by atoms with E-state index in [1.54, 1.807) is 6.92 Å². The van der Waals surface area contributed by atoms with Gasteiger partial charge >= 0.3 is 0 Å². The van der Waals surface area contributed by atoms with Gasteiger partial charge in [0.05, 0.1) is 6.61 Å². The summed E-state index contributed by atoms with van der Waals surface area (Å²) in [5.74, 6) is -0.201. The van der Waals surface area contributed by atoms with E-state index >= 15 is 0 Å². The summed E-state index contributed by atoms with van der Waals surface area (Å²) in [4.78, 5) is 0. The maximum atomic E-state index is 13.8. The van der Waals surface area contributed by atoms with E-state index in [4.69, 9.17) is 4.74 Å². The first-order valence-electron chi connectivity index (χ1n) is 7.08. The van der Waals surface area contributed by atoms with Crippen LogP contribution >= 0.6 is 0 Å². The molecule has 2 nitrogen and oxygen atoms in total. The van der Waals surface area contributed by atoms with E-state index in [9.17, 15) is 8.78 Å². The number of fused-ring (bicyclic) bond motifs is 1. The largest absolute Gasteiger partial charge is 0.493 e. The van der Waals surface area contributed by atoms with Gasteiger partial charge in [-0.05, 0) is 25.1 Å². The zero-order valence-electron chi connectivity index (χ0n) is 11.8. The molecule has 0 saturated carbocycles. The number of hydrogen-bond donors (Lipinski definition) is 1. The van der Waals surface area contributed by atoms with Crippen molar-refractivity contribution in [1.82, 2.24) is 5.32 Å².